The van der Waals surface area contributed by atoms with E-state index >= 15 is 0 Å². The molecule has 0 aliphatic rings. The summed E-state index contributed by atoms with van der Waals surface area (Å²) < 4.78 is 5.07. The van der Waals surface area contributed by atoms with E-state index < -0.39 is 0 Å². The Kier molecular flexibility index (Phi) is 6.54. The summed E-state index contributed by atoms with van der Waals surface area (Å²) >= 11 is 0. The quantitative estimate of drug-likeness (QED) is 0.455. The van der Waals surface area contributed by atoms with Gasteiger partial charge in [0.1, 0.15) is 0 Å². The average molecular weight is 187 g/mol. The SMILES string of the molecule is CCN(CCC(=N)N)C(C)COC. The summed E-state index contributed by atoms with van der Waals surface area (Å²) in [6.07, 6.45) is 0.641. The molecule has 0 spiro atoms. The number of ether oxygens (including phenoxy) is 1. The van der Waals surface area contributed by atoms with Gasteiger partial charge in [-0.1, -0.05) is 6.92 Å². The highest BCUT2D eigenvalue weighted by Crippen LogP contribution is 2.00. The summed E-state index contributed by atoms with van der Waals surface area (Å²) in [4.78, 5) is 2.25. The molecular formula is C9H21N3O. The topological polar surface area (TPSA) is 62.3 Å². The minimum atomic E-state index is 0.253. The Hall–Kier alpha value is -0.610. The molecule has 0 aromatic rings. The Bertz CT molecular complexity index is 150. The Morgan fingerprint density at radius 3 is 2.62 bits per heavy atom. The molecule has 78 valence electrons. The number of nitrogens with zero attached hydrogens (tertiary/aromatic N) is 1. The first-order valence-electron chi connectivity index (χ1n) is 4.67. The first kappa shape index (κ1) is 12.4. The summed E-state index contributed by atoms with van der Waals surface area (Å²) in [7, 11) is 1.70. The van der Waals surface area contributed by atoms with Crippen molar-refractivity contribution in [3.05, 3.63) is 0 Å². The summed E-state index contributed by atoms with van der Waals surface area (Å²) in [6.45, 7) is 6.76. The Morgan fingerprint density at radius 1 is 1.62 bits per heavy atom. The first-order chi connectivity index (χ1) is 6.11. The van der Waals surface area contributed by atoms with Crippen LogP contribution in [0, 0.1) is 5.41 Å². The fourth-order valence-electron chi connectivity index (χ4n) is 1.30. The van der Waals surface area contributed by atoms with Gasteiger partial charge in [-0.15, -0.1) is 0 Å². The zero-order valence-corrected chi connectivity index (χ0v) is 8.84. The lowest BCUT2D eigenvalue weighted by molar-refractivity contribution is 0.104. The molecule has 0 radical (unpaired) electrons. The largest absolute Gasteiger partial charge is 0.388 e. The molecule has 0 fully saturated rings. The van der Waals surface area contributed by atoms with Crippen molar-refractivity contribution in [1.29, 1.82) is 5.41 Å². The highest BCUT2D eigenvalue weighted by Gasteiger charge is 2.11. The minimum Gasteiger partial charge on any atom is -0.388 e. The number of nitrogens with two attached hydrogens (primary N) is 1. The maximum absolute atomic E-state index is 7.13. The van der Waals surface area contributed by atoms with Crippen LogP contribution >= 0.6 is 0 Å². The molecule has 0 amide bonds. The molecule has 3 N–H and O–H groups in total. The second-order valence-corrected chi connectivity index (χ2v) is 3.21. The molecular weight excluding hydrogens is 166 g/mol. The molecule has 13 heavy (non-hydrogen) atoms. The van der Waals surface area contributed by atoms with E-state index in [0.29, 0.717) is 12.5 Å². The van der Waals surface area contributed by atoms with Crippen molar-refractivity contribution in [2.24, 2.45) is 5.73 Å². The number of hydrogen-bond acceptors (Lipinski definition) is 3. The molecule has 0 saturated heterocycles. The Labute approximate surface area is 80.6 Å². The van der Waals surface area contributed by atoms with Crippen molar-refractivity contribution in [2.75, 3.05) is 26.8 Å². The van der Waals surface area contributed by atoms with E-state index in [-0.39, 0.29) is 5.84 Å². The predicted octanol–water partition coefficient (Wildman–Crippen LogP) is 0.669. The van der Waals surface area contributed by atoms with Crippen molar-refractivity contribution in [2.45, 2.75) is 26.3 Å². The third-order valence-electron chi connectivity index (χ3n) is 2.11. The van der Waals surface area contributed by atoms with E-state index in [9.17, 15) is 0 Å². The lowest BCUT2D eigenvalue weighted by atomic mass is 10.2. The van der Waals surface area contributed by atoms with Crippen LogP contribution in [0.2, 0.25) is 0 Å². The smallest absolute Gasteiger partial charge is 0.0918 e. The summed E-state index contributed by atoms with van der Waals surface area (Å²) in [6, 6.07) is 0.398. The van der Waals surface area contributed by atoms with Crippen LogP contribution in [-0.4, -0.2) is 43.6 Å². The van der Waals surface area contributed by atoms with Gasteiger partial charge in [-0.25, -0.2) is 0 Å². The second-order valence-electron chi connectivity index (χ2n) is 3.21. The molecule has 0 aromatic carbocycles. The number of methoxy groups -OCH3 is 1. The normalized spacial score (nSPS) is 13.2. The van der Waals surface area contributed by atoms with Crippen LogP contribution in [0.4, 0.5) is 0 Å². The maximum Gasteiger partial charge on any atom is 0.0918 e. The molecule has 0 bridgehead atoms. The fourth-order valence-corrected chi connectivity index (χ4v) is 1.30. The van der Waals surface area contributed by atoms with Crippen LogP contribution in [0.25, 0.3) is 0 Å². The van der Waals surface area contributed by atoms with Gasteiger partial charge in [-0.05, 0) is 13.5 Å². The molecule has 0 rings (SSSR count). The van der Waals surface area contributed by atoms with E-state index in [1.807, 2.05) is 0 Å². The lowest BCUT2D eigenvalue weighted by Crippen LogP contribution is -2.38. The van der Waals surface area contributed by atoms with E-state index in [1.54, 1.807) is 7.11 Å². The van der Waals surface area contributed by atoms with Gasteiger partial charge in [0.05, 0.1) is 12.4 Å². The molecule has 1 unspecified atom stereocenters. The lowest BCUT2D eigenvalue weighted by Gasteiger charge is -2.26. The number of likely N-dealkylation sites (N-methyl/N-ethyl adjacent to an activating group) is 1. The van der Waals surface area contributed by atoms with Crippen LogP contribution in [0.1, 0.15) is 20.3 Å². The molecule has 0 aromatic heterocycles. The van der Waals surface area contributed by atoms with E-state index in [0.717, 1.165) is 19.7 Å². The fraction of sp³-hybridized carbons (Fsp3) is 0.889. The summed E-state index contributed by atoms with van der Waals surface area (Å²) in [5.41, 5.74) is 5.29. The third-order valence-corrected chi connectivity index (χ3v) is 2.11. The van der Waals surface area contributed by atoms with E-state index in [2.05, 4.69) is 18.7 Å². The molecule has 0 aliphatic heterocycles. The monoisotopic (exact) mass is 187 g/mol. The zero-order chi connectivity index (χ0) is 10.3. The number of rotatable bonds is 7. The zero-order valence-electron chi connectivity index (χ0n) is 8.84. The molecule has 0 aliphatic carbocycles. The number of amidine groups is 1. The Balaban J connectivity index is 3.79. The van der Waals surface area contributed by atoms with Crippen LogP contribution < -0.4 is 5.73 Å². The highest BCUT2D eigenvalue weighted by molar-refractivity contribution is 5.76. The van der Waals surface area contributed by atoms with Crippen LogP contribution in [0.15, 0.2) is 0 Å². The number of nitrogens with one attached hydrogen (secondary N) is 1. The van der Waals surface area contributed by atoms with Gasteiger partial charge in [0.2, 0.25) is 0 Å². The summed E-state index contributed by atoms with van der Waals surface area (Å²) in [5, 5.41) is 7.13. The van der Waals surface area contributed by atoms with Crippen molar-refractivity contribution in [3.63, 3.8) is 0 Å². The van der Waals surface area contributed by atoms with Crippen LogP contribution in [0.3, 0.4) is 0 Å². The van der Waals surface area contributed by atoms with Gasteiger partial charge >= 0.3 is 0 Å². The standard InChI is InChI=1S/C9H21N3O/c1-4-12(6-5-9(10)11)8(2)7-13-3/h8H,4-7H2,1-3H3,(H3,10,11). The van der Waals surface area contributed by atoms with Crippen LogP contribution in [-0.2, 0) is 4.74 Å². The van der Waals surface area contributed by atoms with Gasteiger partial charge in [0.25, 0.3) is 0 Å². The van der Waals surface area contributed by atoms with Gasteiger partial charge in [0, 0.05) is 26.1 Å². The van der Waals surface area contributed by atoms with Crippen molar-refractivity contribution >= 4 is 5.84 Å². The third kappa shape index (κ3) is 5.60. The van der Waals surface area contributed by atoms with Crippen LogP contribution in [0.5, 0.6) is 0 Å². The average Bonchev–Trinajstić information content (AvgIpc) is 2.05. The first-order valence-corrected chi connectivity index (χ1v) is 4.67. The number of hydrogen-bond donors (Lipinski definition) is 2. The Morgan fingerprint density at radius 2 is 2.23 bits per heavy atom. The van der Waals surface area contributed by atoms with Gasteiger partial charge < -0.3 is 10.5 Å². The van der Waals surface area contributed by atoms with E-state index in [1.165, 1.54) is 0 Å². The maximum atomic E-state index is 7.13. The second kappa shape index (κ2) is 6.86. The molecule has 0 saturated carbocycles. The van der Waals surface area contributed by atoms with E-state index in [4.69, 9.17) is 15.9 Å². The highest BCUT2D eigenvalue weighted by atomic mass is 16.5. The predicted molar refractivity (Wildman–Crippen MR) is 55.1 cm³/mol. The molecule has 4 nitrogen and oxygen atoms in total. The van der Waals surface area contributed by atoms with Gasteiger partial charge in [-0.2, -0.15) is 0 Å². The van der Waals surface area contributed by atoms with Crippen molar-refractivity contribution in [3.8, 4) is 0 Å². The summed E-state index contributed by atoms with van der Waals surface area (Å²) in [5.74, 6) is 0.253. The molecule has 0 heterocycles. The van der Waals surface area contributed by atoms with Crippen molar-refractivity contribution in [1.82, 2.24) is 4.90 Å². The minimum absolute atomic E-state index is 0.253. The van der Waals surface area contributed by atoms with Gasteiger partial charge in [0.15, 0.2) is 0 Å². The molecule has 1 atom stereocenters. The van der Waals surface area contributed by atoms with Crippen molar-refractivity contribution < 1.29 is 4.74 Å². The molecule has 4 heteroatoms. The van der Waals surface area contributed by atoms with Gasteiger partial charge in [-0.3, -0.25) is 10.3 Å².